The summed E-state index contributed by atoms with van der Waals surface area (Å²) in [6.07, 6.45) is 0.917. The lowest BCUT2D eigenvalue weighted by Crippen LogP contribution is -2.44. The molecule has 3 aromatic rings. The summed E-state index contributed by atoms with van der Waals surface area (Å²) in [5, 5.41) is 4.41. The van der Waals surface area contributed by atoms with E-state index in [0.717, 1.165) is 33.0 Å². The lowest BCUT2D eigenvalue weighted by Gasteiger charge is -2.27. The molecule has 1 aliphatic heterocycles. The number of fused-ring (bicyclic) bond motifs is 2. The Kier molecular flexibility index (Phi) is 3.96. The van der Waals surface area contributed by atoms with Crippen LogP contribution in [0.4, 0.5) is 11.4 Å². The summed E-state index contributed by atoms with van der Waals surface area (Å²) in [5.41, 5.74) is 4.26. The van der Waals surface area contributed by atoms with Gasteiger partial charge in [0.05, 0.1) is 15.2 Å². The van der Waals surface area contributed by atoms with E-state index in [0.29, 0.717) is 0 Å². The lowest BCUT2D eigenvalue weighted by atomic mass is 10.1. The highest BCUT2D eigenvalue weighted by Gasteiger charge is 2.32. The van der Waals surface area contributed by atoms with Gasteiger partial charge in [-0.1, -0.05) is 18.2 Å². The molecule has 0 radical (unpaired) electrons. The van der Waals surface area contributed by atoms with Crippen molar-refractivity contribution in [2.45, 2.75) is 39.3 Å². The molecule has 2 unspecified atom stereocenters. The molecule has 0 saturated heterocycles. The second-order valence-corrected chi connectivity index (χ2v) is 7.91. The number of nitrogens with one attached hydrogen (secondary N) is 1. The van der Waals surface area contributed by atoms with Crippen LogP contribution < -0.4 is 10.2 Å². The topological polar surface area (TPSA) is 45.2 Å². The van der Waals surface area contributed by atoms with Crippen LogP contribution in [0.5, 0.6) is 0 Å². The van der Waals surface area contributed by atoms with Gasteiger partial charge in [0.1, 0.15) is 6.04 Å². The number of rotatable bonds is 3. The normalized spacial score (nSPS) is 17.6. The van der Waals surface area contributed by atoms with Crippen molar-refractivity contribution in [2.75, 3.05) is 10.2 Å². The van der Waals surface area contributed by atoms with Crippen molar-refractivity contribution in [1.29, 1.82) is 0 Å². The third kappa shape index (κ3) is 2.89. The van der Waals surface area contributed by atoms with Gasteiger partial charge in [-0.3, -0.25) is 4.79 Å². The van der Waals surface area contributed by atoms with Crippen LogP contribution in [0, 0.1) is 6.92 Å². The van der Waals surface area contributed by atoms with Crippen molar-refractivity contribution in [2.24, 2.45) is 0 Å². The van der Waals surface area contributed by atoms with Gasteiger partial charge in [-0.25, -0.2) is 4.98 Å². The zero-order valence-corrected chi connectivity index (χ0v) is 15.4. The van der Waals surface area contributed by atoms with Gasteiger partial charge in [0.2, 0.25) is 5.91 Å². The van der Waals surface area contributed by atoms with Crippen LogP contribution in [0.1, 0.15) is 24.4 Å². The van der Waals surface area contributed by atoms with Crippen LogP contribution in [0.15, 0.2) is 42.5 Å². The second kappa shape index (κ2) is 6.15. The van der Waals surface area contributed by atoms with Crippen molar-refractivity contribution in [3.05, 3.63) is 53.0 Å². The molecule has 1 aromatic heterocycles. The Labute approximate surface area is 151 Å². The number of anilines is 2. The SMILES string of the molecule is Cc1nc2ccc(NC(C)C(=O)N3c4ccccc4CC3C)cc2s1. The number of nitrogens with zero attached hydrogens (tertiary/aromatic N) is 2. The van der Waals surface area contributed by atoms with E-state index < -0.39 is 0 Å². The van der Waals surface area contributed by atoms with Crippen molar-refractivity contribution in [3.63, 3.8) is 0 Å². The van der Waals surface area contributed by atoms with E-state index in [9.17, 15) is 4.79 Å². The van der Waals surface area contributed by atoms with Crippen molar-refractivity contribution in [3.8, 4) is 0 Å². The number of carbonyl (C=O) groups is 1. The van der Waals surface area contributed by atoms with Crippen LogP contribution in [0.3, 0.4) is 0 Å². The summed E-state index contributed by atoms with van der Waals surface area (Å²) in [7, 11) is 0. The third-order valence-corrected chi connectivity index (χ3v) is 5.63. The molecule has 0 saturated carbocycles. The van der Waals surface area contributed by atoms with E-state index in [2.05, 4.69) is 29.4 Å². The molecule has 1 amide bonds. The zero-order chi connectivity index (χ0) is 17.6. The van der Waals surface area contributed by atoms with Gasteiger partial charge in [-0.15, -0.1) is 11.3 Å². The van der Waals surface area contributed by atoms with E-state index in [1.807, 2.05) is 49.1 Å². The standard InChI is InChI=1S/C20H21N3OS/c1-12-10-15-6-4-5-7-18(15)23(12)20(24)13(2)21-16-8-9-17-19(11-16)25-14(3)22-17/h4-9,11-13,21H,10H2,1-3H3. The van der Waals surface area contributed by atoms with E-state index >= 15 is 0 Å². The molecule has 0 bridgehead atoms. The monoisotopic (exact) mass is 351 g/mol. The minimum atomic E-state index is -0.292. The molecule has 0 fully saturated rings. The Morgan fingerprint density at radius 1 is 1.32 bits per heavy atom. The molecule has 128 valence electrons. The van der Waals surface area contributed by atoms with E-state index in [1.165, 1.54) is 5.56 Å². The number of aryl methyl sites for hydroxylation is 1. The minimum Gasteiger partial charge on any atom is -0.374 e. The first kappa shape index (κ1) is 16.1. The van der Waals surface area contributed by atoms with Gasteiger partial charge in [0.25, 0.3) is 0 Å². The Balaban J connectivity index is 1.55. The number of carbonyl (C=O) groups excluding carboxylic acids is 1. The summed E-state index contributed by atoms with van der Waals surface area (Å²) < 4.78 is 1.14. The molecule has 1 N–H and O–H groups in total. The first-order valence-corrected chi connectivity index (χ1v) is 9.39. The highest BCUT2D eigenvalue weighted by atomic mass is 32.1. The van der Waals surface area contributed by atoms with Gasteiger partial charge in [0.15, 0.2) is 0 Å². The van der Waals surface area contributed by atoms with Crippen LogP contribution in [-0.4, -0.2) is 23.0 Å². The van der Waals surface area contributed by atoms with E-state index in [1.54, 1.807) is 11.3 Å². The highest BCUT2D eigenvalue weighted by Crippen LogP contribution is 2.32. The smallest absolute Gasteiger partial charge is 0.249 e. The average Bonchev–Trinajstić information content (AvgIpc) is 3.11. The van der Waals surface area contributed by atoms with Crippen LogP contribution >= 0.6 is 11.3 Å². The van der Waals surface area contributed by atoms with Gasteiger partial charge in [-0.05, 0) is 57.0 Å². The van der Waals surface area contributed by atoms with Crippen LogP contribution in [-0.2, 0) is 11.2 Å². The number of aromatic nitrogens is 1. The zero-order valence-electron chi connectivity index (χ0n) is 14.6. The van der Waals surface area contributed by atoms with Crippen LogP contribution in [0.25, 0.3) is 10.2 Å². The first-order chi connectivity index (χ1) is 12.0. The fraction of sp³-hybridized carbons (Fsp3) is 0.300. The molecule has 0 aliphatic carbocycles. The molecule has 0 spiro atoms. The maximum atomic E-state index is 13.0. The predicted octanol–water partition coefficient (Wildman–Crippen LogP) is 4.38. The summed E-state index contributed by atoms with van der Waals surface area (Å²) in [4.78, 5) is 19.5. The quantitative estimate of drug-likeness (QED) is 0.761. The summed E-state index contributed by atoms with van der Waals surface area (Å²) in [6.45, 7) is 6.05. The van der Waals surface area contributed by atoms with Crippen molar-refractivity contribution < 1.29 is 4.79 Å². The number of hydrogen-bond donors (Lipinski definition) is 1. The minimum absolute atomic E-state index is 0.109. The largest absolute Gasteiger partial charge is 0.374 e. The molecule has 4 nitrogen and oxygen atoms in total. The summed E-state index contributed by atoms with van der Waals surface area (Å²) in [5.74, 6) is 0.109. The lowest BCUT2D eigenvalue weighted by molar-refractivity contribution is -0.119. The number of amides is 1. The number of para-hydroxylation sites is 1. The molecule has 25 heavy (non-hydrogen) atoms. The molecule has 2 aromatic carbocycles. The van der Waals surface area contributed by atoms with E-state index in [4.69, 9.17) is 0 Å². The second-order valence-electron chi connectivity index (χ2n) is 6.67. The summed E-state index contributed by atoms with van der Waals surface area (Å²) >= 11 is 1.67. The fourth-order valence-corrected chi connectivity index (χ4v) is 4.42. The Morgan fingerprint density at radius 3 is 2.96 bits per heavy atom. The Bertz CT molecular complexity index is 949. The first-order valence-electron chi connectivity index (χ1n) is 8.57. The maximum absolute atomic E-state index is 13.0. The molecule has 4 rings (SSSR count). The Morgan fingerprint density at radius 2 is 2.12 bits per heavy atom. The van der Waals surface area contributed by atoms with Gasteiger partial charge in [0, 0.05) is 17.4 Å². The molecular formula is C20H21N3OS. The number of hydrogen-bond acceptors (Lipinski definition) is 4. The summed E-state index contributed by atoms with van der Waals surface area (Å²) in [6, 6.07) is 14.2. The molecule has 2 heterocycles. The van der Waals surface area contributed by atoms with Crippen molar-refractivity contribution >= 4 is 38.8 Å². The molecule has 5 heteroatoms. The van der Waals surface area contributed by atoms with Crippen molar-refractivity contribution in [1.82, 2.24) is 4.98 Å². The predicted molar refractivity (Wildman–Crippen MR) is 105 cm³/mol. The molecule has 2 atom stereocenters. The highest BCUT2D eigenvalue weighted by molar-refractivity contribution is 7.18. The van der Waals surface area contributed by atoms with Gasteiger partial charge in [-0.2, -0.15) is 0 Å². The van der Waals surface area contributed by atoms with E-state index in [-0.39, 0.29) is 18.0 Å². The maximum Gasteiger partial charge on any atom is 0.249 e. The molecule has 1 aliphatic rings. The van der Waals surface area contributed by atoms with Gasteiger partial charge >= 0.3 is 0 Å². The number of thiazole rings is 1. The third-order valence-electron chi connectivity index (χ3n) is 4.69. The number of benzene rings is 2. The van der Waals surface area contributed by atoms with Crippen LogP contribution in [0.2, 0.25) is 0 Å². The molecular weight excluding hydrogens is 330 g/mol. The average molecular weight is 351 g/mol. The fourth-order valence-electron chi connectivity index (χ4n) is 3.55. The van der Waals surface area contributed by atoms with Gasteiger partial charge < -0.3 is 10.2 Å². The Hall–Kier alpha value is -2.40.